The van der Waals surface area contributed by atoms with E-state index in [-0.39, 0.29) is 0 Å². The normalized spacial score (nSPS) is 12.7. The van der Waals surface area contributed by atoms with Gasteiger partial charge in [-0.2, -0.15) is 0 Å². The van der Waals surface area contributed by atoms with E-state index >= 15 is 0 Å². The summed E-state index contributed by atoms with van der Waals surface area (Å²) in [6.07, 6.45) is 1.11. The molecule has 0 saturated heterocycles. The van der Waals surface area contributed by atoms with E-state index in [4.69, 9.17) is 27.6 Å². The number of rotatable bonds is 3. The molecule has 0 saturated carbocycles. The molecular formula is C12H9BrCl2O2. The second-order valence-electron chi connectivity index (χ2n) is 3.59. The highest BCUT2D eigenvalue weighted by molar-refractivity contribution is 9.10. The van der Waals surface area contributed by atoms with Crippen LogP contribution in [-0.4, -0.2) is 5.11 Å². The smallest absolute Gasteiger partial charge is 0.146 e. The standard InChI is InChI=1S/C12H9BrCl2O2/c13-9-3-4-17-12(9)11(16)6-7-5-8(14)1-2-10(7)15/h1-5,11,16H,6H2. The molecule has 2 aromatic rings. The third-order valence-electron chi connectivity index (χ3n) is 2.37. The average molecular weight is 336 g/mol. The number of furan rings is 1. The third-order valence-corrected chi connectivity index (χ3v) is 3.63. The summed E-state index contributed by atoms with van der Waals surface area (Å²) in [5.74, 6) is 0.487. The lowest BCUT2D eigenvalue weighted by Crippen LogP contribution is -2.01. The van der Waals surface area contributed by atoms with E-state index in [1.165, 1.54) is 6.26 Å². The van der Waals surface area contributed by atoms with Crippen molar-refractivity contribution >= 4 is 39.1 Å². The lowest BCUT2D eigenvalue weighted by molar-refractivity contribution is 0.149. The quantitative estimate of drug-likeness (QED) is 0.887. The van der Waals surface area contributed by atoms with Crippen LogP contribution in [0.25, 0.3) is 0 Å². The first-order valence-corrected chi connectivity index (χ1v) is 6.47. The van der Waals surface area contributed by atoms with Gasteiger partial charge in [0.25, 0.3) is 0 Å². The van der Waals surface area contributed by atoms with E-state index in [1.807, 2.05) is 0 Å². The van der Waals surface area contributed by atoms with Gasteiger partial charge in [-0.15, -0.1) is 0 Å². The van der Waals surface area contributed by atoms with Crippen LogP contribution in [0.1, 0.15) is 17.4 Å². The number of aliphatic hydroxyl groups excluding tert-OH is 1. The van der Waals surface area contributed by atoms with Gasteiger partial charge in [0.1, 0.15) is 11.9 Å². The molecule has 0 aliphatic rings. The van der Waals surface area contributed by atoms with Crippen LogP contribution in [0, 0.1) is 0 Å². The van der Waals surface area contributed by atoms with Gasteiger partial charge in [0, 0.05) is 16.5 Å². The van der Waals surface area contributed by atoms with Crippen LogP contribution in [0.3, 0.4) is 0 Å². The minimum atomic E-state index is -0.754. The van der Waals surface area contributed by atoms with Crippen molar-refractivity contribution in [2.24, 2.45) is 0 Å². The average Bonchev–Trinajstić information content (AvgIpc) is 2.70. The highest BCUT2D eigenvalue weighted by Crippen LogP contribution is 2.30. The molecule has 1 heterocycles. The first-order valence-electron chi connectivity index (χ1n) is 4.93. The van der Waals surface area contributed by atoms with E-state index in [0.717, 1.165) is 10.0 Å². The Labute approximate surface area is 117 Å². The second kappa shape index (κ2) is 5.44. The Morgan fingerprint density at radius 2 is 2.06 bits per heavy atom. The Hall–Kier alpha value is -0.480. The van der Waals surface area contributed by atoms with Crippen LogP contribution in [0.5, 0.6) is 0 Å². The maximum Gasteiger partial charge on any atom is 0.146 e. The molecule has 0 radical (unpaired) electrons. The zero-order valence-electron chi connectivity index (χ0n) is 8.66. The van der Waals surface area contributed by atoms with Gasteiger partial charge < -0.3 is 9.52 Å². The Kier molecular flexibility index (Phi) is 4.15. The summed E-state index contributed by atoms with van der Waals surface area (Å²) in [7, 11) is 0. The van der Waals surface area contributed by atoms with Crippen molar-refractivity contribution in [3.63, 3.8) is 0 Å². The number of aliphatic hydroxyl groups is 1. The van der Waals surface area contributed by atoms with Crippen LogP contribution in [0.4, 0.5) is 0 Å². The highest BCUT2D eigenvalue weighted by atomic mass is 79.9. The van der Waals surface area contributed by atoms with Crippen molar-refractivity contribution in [1.82, 2.24) is 0 Å². The van der Waals surface area contributed by atoms with Gasteiger partial charge in [0.2, 0.25) is 0 Å². The molecule has 5 heteroatoms. The molecule has 1 unspecified atom stereocenters. The van der Waals surface area contributed by atoms with Crippen molar-refractivity contribution in [2.45, 2.75) is 12.5 Å². The van der Waals surface area contributed by atoms with E-state index in [9.17, 15) is 5.11 Å². The fourth-order valence-corrected chi connectivity index (χ4v) is 2.40. The van der Waals surface area contributed by atoms with Gasteiger partial charge in [-0.1, -0.05) is 23.2 Å². The van der Waals surface area contributed by atoms with Crippen LogP contribution in [0.2, 0.25) is 10.0 Å². The number of benzene rings is 1. The number of hydrogen-bond acceptors (Lipinski definition) is 2. The van der Waals surface area contributed by atoms with Gasteiger partial charge >= 0.3 is 0 Å². The monoisotopic (exact) mass is 334 g/mol. The lowest BCUT2D eigenvalue weighted by atomic mass is 10.1. The molecule has 0 aliphatic heterocycles. The minimum absolute atomic E-state index is 0.353. The maximum atomic E-state index is 10.0. The molecular weight excluding hydrogens is 327 g/mol. The molecule has 0 amide bonds. The summed E-state index contributed by atoms with van der Waals surface area (Å²) in [4.78, 5) is 0. The first-order chi connectivity index (χ1) is 8.08. The van der Waals surface area contributed by atoms with Crippen LogP contribution in [-0.2, 0) is 6.42 Å². The molecule has 1 aromatic heterocycles. The molecule has 1 atom stereocenters. The SMILES string of the molecule is OC(Cc1cc(Cl)ccc1Cl)c1occc1Br. The van der Waals surface area contributed by atoms with Crippen molar-refractivity contribution in [3.05, 3.63) is 56.4 Å². The lowest BCUT2D eigenvalue weighted by Gasteiger charge is -2.10. The van der Waals surface area contributed by atoms with E-state index < -0.39 is 6.10 Å². The van der Waals surface area contributed by atoms with Gasteiger partial charge in [-0.3, -0.25) is 0 Å². The van der Waals surface area contributed by atoms with Crippen LogP contribution in [0.15, 0.2) is 39.4 Å². The number of halogens is 3. The minimum Gasteiger partial charge on any atom is -0.465 e. The van der Waals surface area contributed by atoms with Gasteiger partial charge in [-0.25, -0.2) is 0 Å². The van der Waals surface area contributed by atoms with Crippen molar-refractivity contribution in [3.8, 4) is 0 Å². The van der Waals surface area contributed by atoms with Crippen LogP contribution >= 0.6 is 39.1 Å². The topological polar surface area (TPSA) is 33.4 Å². The Balaban J connectivity index is 2.21. The molecule has 1 aromatic carbocycles. The Morgan fingerprint density at radius 1 is 1.29 bits per heavy atom. The van der Waals surface area contributed by atoms with Crippen molar-refractivity contribution in [2.75, 3.05) is 0 Å². The van der Waals surface area contributed by atoms with Gasteiger partial charge in [0.05, 0.1) is 10.7 Å². The van der Waals surface area contributed by atoms with Gasteiger partial charge in [0.15, 0.2) is 0 Å². The number of hydrogen-bond donors (Lipinski definition) is 1. The Bertz CT molecular complexity index is 525. The Morgan fingerprint density at radius 3 is 2.71 bits per heavy atom. The zero-order chi connectivity index (χ0) is 12.4. The highest BCUT2D eigenvalue weighted by Gasteiger charge is 2.17. The molecule has 17 heavy (non-hydrogen) atoms. The molecule has 2 rings (SSSR count). The maximum absolute atomic E-state index is 10.0. The summed E-state index contributed by atoms with van der Waals surface area (Å²) in [5.41, 5.74) is 0.787. The second-order valence-corrected chi connectivity index (χ2v) is 5.29. The molecule has 0 fully saturated rings. The molecule has 2 nitrogen and oxygen atoms in total. The molecule has 90 valence electrons. The van der Waals surface area contributed by atoms with Crippen molar-refractivity contribution in [1.29, 1.82) is 0 Å². The fourth-order valence-electron chi connectivity index (χ4n) is 1.54. The third kappa shape index (κ3) is 3.05. The summed E-state index contributed by atoms with van der Waals surface area (Å²) in [6, 6.07) is 6.90. The van der Waals surface area contributed by atoms with Crippen LogP contribution < -0.4 is 0 Å². The predicted octanol–water partition coefficient (Wildman–Crippen LogP) is 4.63. The van der Waals surface area contributed by atoms with E-state index in [1.54, 1.807) is 24.3 Å². The molecule has 0 spiro atoms. The van der Waals surface area contributed by atoms with E-state index in [2.05, 4.69) is 15.9 Å². The fraction of sp³-hybridized carbons (Fsp3) is 0.167. The summed E-state index contributed by atoms with van der Waals surface area (Å²) >= 11 is 15.2. The van der Waals surface area contributed by atoms with Gasteiger partial charge in [-0.05, 0) is 45.8 Å². The largest absolute Gasteiger partial charge is 0.465 e. The van der Waals surface area contributed by atoms with E-state index in [0.29, 0.717) is 22.2 Å². The summed E-state index contributed by atoms with van der Waals surface area (Å²) in [6.45, 7) is 0. The van der Waals surface area contributed by atoms with Crippen molar-refractivity contribution < 1.29 is 9.52 Å². The molecule has 0 bridgehead atoms. The molecule has 0 aliphatic carbocycles. The summed E-state index contributed by atoms with van der Waals surface area (Å²) < 4.78 is 5.93. The first kappa shape index (κ1) is 13.0. The summed E-state index contributed by atoms with van der Waals surface area (Å²) in [5, 5.41) is 11.2. The predicted molar refractivity (Wildman–Crippen MR) is 71.5 cm³/mol. The molecule has 1 N–H and O–H groups in total. The zero-order valence-corrected chi connectivity index (χ0v) is 11.8.